The number of amides is 2. The van der Waals surface area contributed by atoms with Crippen LogP contribution in [-0.2, 0) is 0 Å². The third-order valence-electron chi connectivity index (χ3n) is 8.92. The van der Waals surface area contributed by atoms with E-state index in [-0.39, 0.29) is 40.2 Å². The molecule has 10 nitrogen and oxygen atoms in total. The van der Waals surface area contributed by atoms with Crippen molar-refractivity contribution >= 4 is 49.9 Å². The van der Waals surface area contributed by atoms with Gasteiger partial charge in [0.1, 0.15) is 11.4 Å². The summed E-state index contributed by atoms with van der Waals surface area (Å²) in [6, 6.07) is 7.96. The Morgan fingerprint density at radius 3 is 2.74 bits per heavy atom. The van der Waals surface area contributed by atoms with E-state index in [0.29, 0.717) is 47.3 Å². The standard InChI is InChI=1S/C31H30BrN5O5/c1-33-29(39)24-12-21(32)13-27(37(41)42)28(24)35-10-9-31(17-35)18-36(16-26(31)19-5-3-2-4-6-19)30(40)25-15-34-14-20-11-22(38)7-8-23(20)25/h2-5,7-8,11-15,19,26,38H,6,9-10,16-18H2,1H3,(H,33,39)/t19?,26-,31+/m0/s1. The van der Waals surface area contributed by atoms with E-state index in [1.165, 1.54) is 13.1 Å². The van der Waals surface area contributed by atoms with E-state index >= 15 is 0 Å². The first-order valence-electron chi connectivity index (χ1n) is 13.8. The molecule has 2 aromatic carbocycles. The number of halogens is 1. The van der Waals surface area contributed by atoms with Crippen LogP contribution in [0.25, 0.3) is 10.8 Å². The quantitative estimate of drug-likeness (QED) is 0.297. The Morgan fingerprint density at radius 1 is 1.17 bits per heavy atom. The van der Waals surface area contributed by atoms with Gasteiger partial charge in [-0.2, -0.15) is 0 Å². The number of nitro groups is 1. The first kappa shape index (κ1) is 27.9. The van der Waals surface area contributed by atoms with Gasteiger partial charge in [0.25, 0.3) is 17.5 Å². The van der Waals surface area contributed by atoms with Gasteiger partial charge in [0.05, 0.1) is 16.1 Å². The number of hydrogen-bond donors (Lipinski definition) is 2. The summed E-state index contributed by atoms with van der Waals surface area (Å²) in [6.07, 6.45) is 13.2. The lowest BCUT2D eigenvalue weighted by molar-refractivity contribution is -0.384. The monoisotopic (exact) mass is 631 g/mol. The maximum absolute atomic E-state index is 14.1. The van der Waals surface area contributed by atoms with Crippen LogP contribution in [0.1, 0.15) is 33.6 Å². The fourth-order valence-corrected chi connectivity index (χ4v) is 7.47. The molecule has 2 saturated heterocycles. The molecular formula is C31H30BrN5O5. The number of likely N-dealkylation sites (tertiary alicyclic amines) is 1. The van der Waals surface area contributed by atoms with Gasteiger partial charge in [0.15, 0.2) is 0 Å². The second kappa shape index (κ2) is 10.9. The minimum Gasteiger partial charge on any atom is -0.508 e. The Morgan fingerprint density at radius 2 is 2.00 bits per heavy atom. The van der Waals surface area contributed by atoms with Gasteiger partial charge in [-0.25, -0.2) is 0 Å². The lowest BCUT2D eigenvalue weighted by Gasteiger charge is -2.35. The summed E-state index contributed by atoms with van der Waals surface area (Å²) in [7, 11) is 1.51. The van der Waals surface area contributed by atoms with E-state index < -0.39 is 10.8 Å². The number of allylic oxidation sites excluding steroid dienone is 4. The van der Waals surface area contributed by atoms with E-state index in [4.69, 9.17) is 0 Å². The Bertz CT molecular complexity index is 1670. The highest BCUT2D eigenvalue weighted by molar-refractivity contribution is 9.10. The number of hydrogen-bond acceptors (Lipinski definition) is 7. The van der Waals surface area contributed by atoms with Crippen molar-refractivity contribution in [3.8, 4) is 5.75 Å². The van der Waals surface area contributed by atoms with Gasteiger partial charge in [-0.1, -0.05) is 40.2 Å². The number of fused-ring (bicyclic) bond motifs is 1. The number of phenolic OH excluding ortho intramolecular Hbond substituents is 1. The molecule has 0 bridgehead atoms. The van der Waals surface area contributed by atoms with Gasteiger partial charge in [0, 0.05) is 67.0 Å². The van der Waals surface area contributed by atoms with Crippen molar-refractivity contribution in [3.05, 3.63) is 92.7 Å². The van der Waals surface area contributed by atoms with Crippen molar-refractivity contribution in [3.63, 3.8) is 0 Å². The predicted octanol–water partition coefficient (Wildman–Crippen LogP) is 5.07. The number of nitrogens with zero attached hydrogens (tertiary/aromatic N) is 4. The molecule has 3 atom stereocenters. The molecule has 11 heteroatoms. The third kappa shape index (κ3) is 4.81. The molecule has 3 heterocycles. The van der Waals surface area contributed by atoms with Crippen molar-refractivity contribution < 1.29 is 19.6 Å². The number of rotatable bonds is 5. The predicted molar refractivity (Wildman–Crippen MR) is 163 cm³/mol. The molecule has 1 aliphatic carbocycles. The fourth-order valence-electron chi connectivity index (χ4n) is 7.02. The highest BCUT2D eigenvalue weighted by atomic mass is 79.9. The molecule has 0 radical (unpaired) electrons. The number of benzene rings is 2. The Balaban J connectivity index is 1.38. The molecule has 1 unspecified atom stereocenters. The lowest BCUT2D eigenvalue weighted by Crippen LogP contribution is -2.38. The number of anilines is 1. The van der Waals surface area contributed by atoms with Crippen molar-refractivity contribution in [2.75, 3.05) is 38.1 Å². The van der Waals surface area contributed by atoms with Gasteiger partial charge >= 0.3 is 0 Å². The summed E-state index contributed by atoms with van der Waals surface area (Å²) in [6.45, 7) is 2.01. The van der Waals surface area contributed by atoms with Crippen molar-refractivity contribution in [2.24, 2.45) is 17.3 Å². The largest absolute Gasteiger partial charge is 0.508 e. The maximum Gasteiger partial charge on any atom is 0.294 e. The van der Waals surface area contributed by atoms with Crippen LogP contribution in [0.3, 0.4) is 0 Å². The number of aromatic hydroxyl groups is 1. The van der Waals surface area contributed by atoms with Gasteiger partial charge < -0.3 is 20.2 Å². The number of aromatic nitrogens is 1. The molecule has 6 rings (SSSR count). The number of nitro benzene ring substituents is 1. The number of pyridine rings is 1. The maximum atomic E-state index is 14.1. The summed E-state index contributed by atoms with van der Waals surface area (Å²) in [5.74, 6) is -0.109. The van der Waals surface area contributed by atoms with E-state index in [0.717, 1.165) is 18.2 Å². The fraction of sp³-hybridized carbons (Fsp3) is 0.323. The summed E-state index contributed by atoms with van der Waals surface area (Å²) in [4.78, 5) is 46.8. The SMILES string of the molecule is CNC(=O)c1cc(Br)cc([N+](=O)[O-])c1N1CC[C@]2(CN(C(=O)c3cncc4cc(O)ccc34)C[C@H]2C2C=CC=CC2)C1. The molecule has 0 saturated carbocycles. The van der Waals surface area contributed by atoms with Gasteiger partial charge in [-0.05, 0) is 54.3 Å². The number of carbonyl (C=O) groups excluding carboxylic acids is 2. The lowest BCUT2D eigenvalue weighted by atomic mass is 9.69. The van der Waals surface area contributed by atoms with E-state index in [1.807, 2.05) is 22.0 Å². The van der Waals surface area contributed by atoms with Crippen LogP contribution in [0.4, 0.5) is 11.4 Å². The summed E-state index contributed by atoms with van der Waals surface area (Å²) < 4.78 is 0.456. The molecule has 3 aliphatic rings. The average Bonchev–Trinajstić information content (AvgIpc) is 3.59. The van der Waals surface area contributed by atoms with Gasteiger partial charge in [-0.3, -0.25) is 24.7 Å². The highest BCUT2D eigenvalue weighted by Crippen LogP contribution is 2.51. The molecule has 2 fully saturated rings. The summed E-state index contributed by atoms with van der Waals surface area (Å²) in [5.41, 5.74) is 0.548. The number of phenols is 1. The van der Waals surface area contributed by atoms with Crippen LogP contribution in [0, 0.1) is 27.4 Å². The highest BCUT2D eigenvalue weighted by Gasteiger charge is 2.54. The third-order valence-corrected chi connectivity index (χ3v) is 9.38. The van der Waals surface area contributed by atoms with E-state index in [1.54, 1.807) is 36.7 Å². The summed E-state index contributed by atoms with van der Waals surface area (Å²) >= 11 is 3.33. The van der Waals surface area contributed by atoms with E-state index in [2.05, 4.69) is 38.4 Å². The molecule has 1 aromatic heterocycles. The Kier molecular flexibility index (Phi) is 7.22. The van der Waals surface area contributed by atoms with Crippen molar-refractivity contribution in [1.29, 1.82) is 0 Å². The topological polar surface area (TPSA) is 129 Å². The van der Waals surface area contributed by atoms with Crippen LogP contribution < -0.4 is 10.2 Å². The minimum atomic E-state index is -0.445. The minimum absolute atomic E-state index is 0.107. The smallest absolute Gasteiger partial charge is 0.294 e. The van der Waals surface area contributed by atoms with Crippen LogP contribution in [0.2, 0.25) is 0 Å². The second-order valence-corrected chi connectivity index (χ2v) is 12.2. The molecule has 2 N–H and O–H groups in total. The zero-order valence-corrected chi connectivity index (χ0v) is 24.6. The molecule has 2 aliphatic heterocycles. The number of nitrogens with one attached hydrogen (secondary N) is 1. The van der Waals surface area contributed by atoms with Crippen LogP contribution in [0.15, 0.2) is 71.5 Å². The normalized spacial score (nSPS) is 23.2. The van der Waals surface area contributed by atoms with Gasteiger partial charge in [0.2, 0.25) is 0 Å². The first-order chi connectivity index (χ1) is 20.2. The molecule has 42 heavy (non-hydrogen) atoms. The van der Waals surface area contributed by atoms with Crippen molar-refractivity contribution in [1.82, 2.24) is 15.2 Å². The van der Waals surface area contributed by atoms with Crippen LogP contribution in [0.5, 0.6) is 5.75 Å². The Hall–Kier alpha value is -4.25. The zero-order chi connectivity index (χ0) is 29.6. The second-order valence-electron chi connectivity index (χ2n) is 11.3. The Labute approximate surface area is 251 Å². The zero-order valence-electron chi connectivity index (χ0n) is 23.0. The van der Waals surface area contributed by atoms with E-state index in [9.17, 15) is 24.8 Å². The van der Waals surface area contributed by atoms with Crippen LogP contribution in [-0.4, -0.2) is 65.0 Å². The van der Waals surface area contributed by atoms with Crippen molar-refractivity contribution in [2.45, 2.75) is 12.8 Å². The molecule has 2 amide bonds. The average molecular weight is 633 g/mol. The first-order valence-corrected chi connectivity index (χ1v) is 14.6. The molecule has 1 spiro atoms. The van der Waals surface area contributed by atoms with Gasteiger partial charge in [-0.15, -0.1) is 0 Å². The molecule has 3 aromatic rings. The van der Waals surface area contributed by atoms with Crippen LogP contribution >= 0.6 is 15.9 Å². The molecule has 216 valence electrons. The summed E-state index contributed by atoms with van der Waals surface area (Å²) in [5, 5.41) is 26.1. The molecular weight excluding hydrogens is 602 g/mol. The number of carbonyl (C=O) groups is 2.